The molecule has 0 amide bonds. The van der Waals surface area contributed by atoms with Gasteiger partial charge in [-0.05, 0) is 37.0 Å². The smallest absolute Gasteiger partial charge is 0.0586 e. The Bertz CT molecular complexity index is 354. The summed E-state index contributed by atoms with van der Waals surface area (Å²) >= 11 is 0. The molecule has 1 fully saturated rings. The summed E-state index contributed by atoms with van der Waals surface area (Å²) in [6.07, 6.45) is 0.801. The van der Waals surface area contributed by atoms with E-state index in [-0.39, 0.29) is 12.0 Å². The molecule has 1 saturated heterocycles. The lowest BCUT2D eigenvalue weighted by atomic mass is 9.75. The van der Waals surface area contributed by atoms with Crippen LogP contribution in [0.1, 0.15) is 23.1 Å². The summed E-state index contributed by atoms with van der Waals surface area (Å²) in [5.41, 5.74) is 4.02. The lowest BCUT2D eigenvalue weighted by Gasteiger charge is -2.42. The molecule has 1 aromatic carbocycles. The molecule has 2 heteroatoms. The molecule has 0 saturated carbocycles. The van der Waals surface area contributed by atoms with Gasteiger partial charge in [0.15, 0.2) is 0 Å². The maximum Gasteiger partial charge on any atom is 0.0586 e. The highest BCUT2D eigenvalue weighted by molar-refractivity contribution is 5.36. The summed E-state index contributed by atoms with van der Waals surface area (Å²) in [5.74, 6) is 0. The number of benzene rings is 1. The van der Waals surface area contributed by atoms with E-state index in [2.05, 4.69) is 32.0 Å². The number of hydrogen-bond acceptors (Lipinski definition) is 2. The van der Waals surface area contributed by atoms with Gasteiger partial charge >= 0.3 is 0 Å². The van der Waals surface area contributed by atoms with Crippen molar-refractivity contribution in [1.29, 1.82) is 0 Å². The fraction of sp³-hybridized carbons (Fsp3) is 0.538. The lowest BCUT2D eigenvalue weighted by Crippen LogP contribution is -2.47. The fourth-order valence-corrected chi connectivity index (χ4v) is 2.09. The Morgan fingerprint density at radius 2 is 2.00 bits per heavy atom. The van der Waals surface area contributed by atoms with Crippen molar-refractivity contribution in [3.63, 3.8) is 0 Å². The van der Waals surface area contributed by atoms with E-state index in [1.807, 2.05) is 0 Å². The standard InChI is InChI=1S/C13H18O2/c1-10-3-4-12(7-11(10)2)13(5-6-14)8-15-9-13/h3-4,7,14H,5-6,8-9H2,1-2H3. The van der Waals surface area contributed by atoms with E-state index in [0.717, 1.165) is 19.6 Å². The lowest BCUT2D eigenvalue weighted by molar-refractivity contribution is -0.0701. The number of aliphatic hydroxyl groups excluding tert-OH is 1. The summed E-state index contributed by atoms with van der Waals surface area (Å²) in [4.78, 5) is 0. The van der Waals surface area contributed by atoms with Crippen molar-refractivity contribution >= 4 is 0 Å². The number of ether oxygens (including phenoxy) is 1. The molecule has 1 aromatic rings. The Morgan fingerprint density at radius 1 is 1.27 bits per heavy atom. The first kappa shape index (κ1) is 10.7. The van der Waals surface area contributed by atoms with Crippen LogP contribution in [0.25, 0.3) is 0 Å². The van der Waals surface area contributed by atoms with E-state index in [0.29, 0.717) is 0 Å². The van der Waals surface area contributed by atoms with Crippen molar-refractivity contribution in [2.45, 2.75) is 25.7 Å². The topological polar surface area (TPSA) is 29.5 Å². The van der Waals surface area contributed by atoms with Gasteiger partial charge in [0.25, 0.3) is 0 Å². The van der Waals surface area contributed by atoms with E-state index in [9.17, 15) is 0 Å². The first-order chi connectivity index (χ1) is 7.18. The largest absolute Gasteiger partial charge is 0.396 e. The highest BCUT2D eigenvalue weighted by Crippen LogP contribution is 2.36. The highest BCUT2D eigenvalue weighted by Gasteiger charge is 2.39. The van der Waals surface area contributed by atoms with Crippen molar-refractivity contribution in [3.8, 4) is 0 Å². The van der Waals surface area contributed by atoms with Gasteiger partial charge in [-0.2, -0.15) is 0 Å². The Kier molecular flexibility index (Phi) is 2.81. The van der Waals surface area contributed by atoms with Crippen LogP contribution in [0.4, 0.5) is 0 Å². The minimum Gasteiger partial charge on any atom is -0.396 e. The fourth-order valence-electron chi connectivity index (χ4n) is 2.09. The number of hydrogen-bond donors (Lipinski definition) is 1. The van der Waals surface area contributed by atoms with Crippen LogP contribution in [-0.4, -0.2) is 24.9 Å². The quantitative estimate of drug-likeness (QED) is 0.819. The normalized spacial score (nSPS) is 18.6. The first-order valence-electron chi connectivity index (χ1n) is 5.44. The van der Waals surface area contributed by atoms with E-state index in [4.69, 9.17) is 9.84 Å². The average Bonchev–Trinajstić information content (AvgIpc) is 2.16. The molecule has 2 nitrogen and oxygen atoms in total. The van der Waals surface area contributed by atoms with Crippen LogP contribution in [-0.2, 0) is 10.2 Å². The Hall–Kier alpha value is -0.860. The van der Waals surface area contributed by atoms with Gasteiger partial charge in [-0.25, -0.2) is 0 Å². The molecule has 1 aliphatic rings. The Balaban J connectivity index is 2.30. The van der Waals surface area contributed by atoms with Gasteiger partial charge in [-0.15, -0.1) is 0 Å². The molecule has 2 rings (SSSR count). The van der Waals surface area contributed by atoms with Crippen molar-refractivity contribution in [3.05, 3.63) is 34.9 Å². The van der Waals surface area contributed by atoms with Crippen LogP contribution < -0.4 is 0 Å². The molecule has 1 aliphatic heterocycles. The van der Waals surface area contributed by atoms with Crippen LogP contribution in [0, 0.1) is 13.8 Å². The van der Waals surface area contributed by atoms with Gasteiger partial charge in [0, 0.05) is 12.0 Å². The number of aryl methyl sites for hydroxylation is 2. The zero-order valence-electron chi connectivity index (χ0n) is 9.42. The Labute approximate surface area is 90.9 Å². The minimum atomic E-state index is 0.0766. The molecule has 0 unspecified atom stereocenters. The van der Waals surface area contributed by atoms with E-state index in [1.165, 1.54) is 16.7 Å². The molecule has 0 aliphatic carbocycles. The van der Waals surface area contributed by atoms with Crippen LogP contribution in [0.15, 0.2) is 18.2 Å². The predicted molar refractivity (Wildman–Crippen MR) is 60.1 cm³/mol. The van der Waals surface area contributed by atoms with Gasteiger partial charge in [-0.1, -0.05) is 18.2 Å². The van der Waals surface area contributed by atoms with Crippen LogP contribution >= 0.6 is 0 Å². The minimum absolute atomic E-state index is 0.0766. The molecule has 0 radical (unpaired) electrons. The van der Waals surface area contributed by atoms with Gasteiger partial charge in [0.05, 0.1) is 13.2 Å². The molecule has 0 atom stereocenters. The maximum absolute atomic E-state index is 9.10. The van der Waals surface area contributed by atoms with E-state index < -0.39 is 0 Å². The molecule has 1 N–H and O–H groups in total. The highest BCUT2D eigenvalue weighted by atomic mass is 16.5. The number of rotatable bonds is 3. The molecule has 0 bridgehead atoms. The summed E-state index contributed by atoms with van der Waals surface area (Å²) < 4.78 is 5.30. The van der Waals surface area contributed by atoms with Crippen LogP contribution in [0.2, 0.25) is 0 Å². The van der Waals surface area contributed by atoms with Crippen molar-refractivity contribution < 1.29 is 9.84 Å². The van der Waals surface area contributed by atoms with Gasteiger partial charge < -0.3 is 9.84 Å². The average molecular weight is 206 g/mol. The zero-order chi connectivity index (χ0) is 10.9. The second kappa shape index (κ2) is 3.95. The third-order valence-corrected chi connectivity index (χ3v) is 3.47. The third-order valence-electron chi connectivity index (χ3n) is 3.47. The van der Waals surface area contributed by atoms with Gasteiger partial charge in [0.2, 0.25) is 0 Å². The molecule has 82 valence electrons. The second-order valence-corrected chi connectivity index (χ2v) is 4.55. The molecule has 0 spiro atoms. The second-order valence-electron chi connectivity index (χ2n) is 4.55. The SMILES string of the molecule is Cc1ccc(C2(CCO)COC2)cc1C. The monoisotopic (exact) mass is 206 g/mol. The zero-order valence-corrected chi connectivity index (χ0v) is 9.42. The van der Waals surface area contributed by atoms with Gasteiger partial charge in [0.1, 0.15) is 0 Å². The summed E-state index contributed by atoms with van der Waals surface area (Å²) in [6, 6.07) is 6.55. The molecule has 15 heavy (non-hydrogen) atoms. The predicted octanol–water partition coefficient (Wildman–Crippen LogP) is 1.95. The molecular weight excluding hydrogens is 188 g/mol. The number of aliphatic hydroxyl groups is 1. The maximum atomic E-state index is 9.10. The molecule has 0 aromatic heterocycles. The summed E-state index contributed by atoms with van der Waals surface area (Å²) in [7, 11) is 0. The van der Waals surface area contributed by atoms with Crippen molar-refractivity contribution in [2.75, 3.05) is 19.8 Å². The van der Waals surface area contributed by atoms with Crippen molar-refractivity contribution in [2.24, 2.45) is 0 Å². The summed E-state index contributed by atoms with van der Waals surface area (Å²) in [5, 5.41) is 9.10. The summed E-state index contributed by atoms with van der Waals surface area (Å²) in [6.45, 7) is 5.97. The van der Waals surface area contributed by atoms with E-state index in [1.54, 1.807) is 0 Å². The Morgan fingerprint density at radius 3 is 2.47 bits per heavy atom. The molecule has 1 heterocycles. The van der Waals surface area contributed by atoms with Crippen LogP contribution in [0.5, 0.6) is 0 Å². The third kappa shape index (κ3) is 1.80. The molecular formula is C13H18O2. The van der Waals surface area contributed by atoms with Crippen LogP contribution in [0.3, 0.4) is 0 Å². The van der Waals surface area contributed by atoms with Gasteiger partial charge in [-0.3, -0.25) is 0 Å². The van der Waals surface area contributed by atoms with Crippen molar-refractivity contribution in [1.82, 2.24) is 0 Å². The first-order valence-corrected chi connectivity index (χ1v) is 5.44. The van der Waals surface area contributed by atoms with E-state index >= 15 is 0 Å².